The van der Waals surface area contributed by atoms with Crippen LogP contribution in [0, 0.1) is 0 Å². The Kier molecular flexibility index (Phi) is 5.17. The van der Waals surface area contributed by atoms with Crippen molar-refractivity contribution in [1.29, 1.82) is 0 Å². The molecule has 0 bridgehead atoms. The lowest BCUT2D eigenvalue weighted by molar-refractivity contribution is 0.0728. The molecule has 0 spiro atoms. The Morgan fingerprint density at radius 2 is 1.93 bits per heavy atom. The zero-order chi connectivity index (χ0) is 19.5. The predicted octanol–water partition coefficient (Wildman–Crippen LogP) is 3.81. The van der Waals surface area contributed by atoms with Gasteiger partial charge in [-0.05, 0) is 35.2 Å². The van der Waals surface area contributed by atoms with Crippen molar-refractivity contribution in [2.45, 2.75) is 19.6 Å². The van der Waals surface area contributed by atoms with Crippen molar-refractivity contribution in [1.82, 2.24) is 9.88 Å². The van der Waals surface area contributed by atoms with E-state index >= 15 is 0 Å². The molecule has 1 aliphatic heterocycles. The van der Waals surface area contributed by atoms with E-state index in [1.165, 1.54) is 17.8 Å². The molecular formula is C22H19ClN2O3. The average molecular weight is 395 g/mol. The number of nitrogens with one attached hydrogen (secondary N) is 1. The molecular weight excluding hydrogens is 376 g/mol. The molecule has 2 aromatic carbocycles. The average Bonchev–Trinajstić information content (AvgIpc) is 2.72. The number of amides is 1. The fourth-order valence-corrected chi connectivity index (χ4v) is 3.53. The number of hydrogen-bond acceptors (Lipinski definition) is 3. The zero-order valence-electron chi connectivity index (χ0n) is 15.2. The monoisotopic (exact) mass is 394 g/mol. The van der Waals surface area contributed by atoms with Gasteiger partial charge in [-0.25, -0.2) is 0 Å². The highest BCUT2D eigenvalue weighted by atomic mass is 35.5. The van der Waals surface area contributed by atoms with Gasteiger partial charge < -0.3 is 14.6 Å². The fraction of sp³-hybridized carbons (Fsp3) is 0.182. The molecule has 5 nitrogen and oxygen atoms in total. The third-order valence-electron chi connectivity index (χ3n) is 4.81. The number of aromatic nitrogens is 1. The van der Waals surface area contributed by atoms with E-state index in [2.05, 4.69) is 11.1 Å². The SMILES string of the molecule is O=C(c1cc(=O)c(OCc2cccc(Cl)c2)c[nH]1)N1CCc2ccccc2C1. The van der Waals surface area contributed by atoms with Crippen LogP contribution in [0.2, 0.25) is 5.02 Å². The minimum absolute atomic E-state index is 0.167. The Labute approximate surface area is 167 Å². The number of ether oxygens (including phenoxy) is 1. The van der Waals surface area contributed by atoms with Gasteiger partial charge in [-0.1, -0.05) is 48.0 Å². The van der Waals surface area contributed by atoms with Gasteiger partial charge in [-0.15, -0.1) is 0 Å². The summed E-state index contributed by atoms with van der Waals surface area (Å²) >= 11 is 5.95. The highest BCUT2D eigenvalue weighted by Gasteiger charge is 2.22. The second kappa shape index (κ2) is 7.90. The molecule has 1 amide bonds. The summed E-state index contributed by atoms with van der Waals surface area (Å²) in [6, 6.07) is 16.7. The van der Waals surface area contributed by atoms with Gasteiger partial charge in [0.05, 0.1) is 0 Å². The van der Waals surface area contributed by atoms with Crippen molar-refractivity contribution in [3.63, 3.8) is 0 Å². The fourth-order valence-electron chi connectivity index (χ4n) is 3.32. The van der Waals surface area contributed by atoms with E-state index in [9.17, 15) is 9.59 Å². The topological polar surface area (TPSA) is 62.4 Å². The lowest BCUT2D eigenvalue weighted by atomic mass is 10.00. The van der Waals surface area contributed by atoms with E-state index in [0.29, 0.717) is 18.1 Å². The molecule has 1 aliphatic rings. The minimum atomic E-state index is -0.332. The van der Waals surface area contributed by atoms with Gasteiger partial charge >= 0.3 is 0 Å². The molecule has 0 radical (unpaired) electrons. The number of benzene rings is 2. The van der Waals surface area contributed by atoms with Gasteiger partial charge in [0.1, 0.15) is 12.3 Å². The number of carbonyl (C=O) groups excluding carboxylic acids is 1. The van der Waals surface area contributed by atoms with Crippen molar-refractivity contribution < 1.29 is 9.53 Å². The molecule has 142 valence electrons. The minimum Gasteiger partial charge on any atom is -0.483 e. The quantitative estimate of drug-likeness (QED) is 0.732. The maximum atomic E-state index is 12.8. The van der Waals surface area contributed by atoms with E-state index in [0.717, 1.165) is 17.5 Å². The predicted molar refractivity (Wildman–Crippen MR) is 108 cm³/mol. The number of carbonyl (C=O) groups is 1. The largest absolute Gasteiger partial charge is 0.483 e. The van der Waals surface area contributed by atoms with Crippen LogP contribution in [0.15, 0.2) is 65.6 Å². The summed E-state index contributed by atoms with van der Waals surface area (Å²) in [5.41, 5.74) is 3.20. The lowest BCUT2D eigenvalue weighted by Gasteiger charge is -2.28. The van der Waals surface area contributed by atoms with Crippen LogP contribution in [0.5, 0.6) is 5.75 Å². The molecule has 0 saturated heterocycles. The summed E-state index contributed by atoms with van der Waals surface area (Å²) in [6.07, 6.45) is 2.25. The first kappa shape index (κ1) is 18.3. The number of pyridine rings is 1. The Balaban J connectivity index is 1.45. The number of aromatic amines is 1. The van der Waals surface area contributed by atoms with Crippen LogP contribution < -0.4 is 10.2 Å². The normalized spacial score (nSPS) is 13.1. The van der Waals surface area contributed by atoms with Crippen molar-refractivity contribution in [3.8, 4) is 5.75 Å². The Bertz CT molecular complexity index is 1080. The standard InChI is InChI=1S/C22H19ClN2O3/c23-18-7-3-4-15(10-18)14-28-21-12-24-19(11-20(21)26)22(27)25-9-8-16-5-1-2-6-17(16)13-25/h1-7,10-12H,8-9,13-14H2,(H,24,26). The smallest absolute Gasteiger partial charge is 0.270 e. The molecule has 28 heavy (non-hydrogen) atoms. The zero-order valence-corrected chi connectivity index (χ0v) is 15.9. The van der Waals surface area contributed by atoms with Crippen LogP contribution in [0.4, 0.5) is 0 Å². The molecule has 0 atom stereocenters. The van der Waals surface area contributed by atoms with Gasteiger partial charge in [0.15, 0.2) is 5.75 Å². The molecule has 1 aromatic heterocycles. The van der Waals surface area contributed by atoms with E-state index in [1.807, 2.05) is 30.3 Å². The van der Waals surface area contributed by atoms with Gasteiger partial charge in [0.2, 0.25) is 5.43 Å². The number of hydrogen-bond donors (Lipinski definition) is 1. The number of fused-ring (bicyclic) bond motifs is 1. The molecule has 4 rings (SSSR count). The first-order chi connectivity index (χ1) is 13.6. The molecule has 0 fully saturated rings. The lowest BCUT2D eigenvalue weighted by Crippen LogP contribution is -2.36. The van der Waals surface area contributed by atoms with Crippen LogP contribution >= 0.6 is 11.6 Å². The number of H-pyrrole nitrogens is 1. The molecule has 2 heterocycles. The summed E-state index contributed by atoms with van der Waals surface area (Å²) in [6.45, 7) is 1.40. The van der Waals surface area contributed by atoms with Crippen molar-refractivity contribution in [2.75, 3.05) is 6.54 Å². The highest BCUT2D eigenvalue weighted by molar-refractivity contribution is 6.30. The third kappa shape index (κ3) is 3.94. The van der Waals surface area contributed by atoms with Gasteiger partial charge in [0.25, 0.3) is 5.91 Å². The first-order valence-corrected chi connectivity index (χ1v) is 9.44. The van der Waals surface area contributed by atoms with Gasteiger partial charge in [-0.3, -0.25) is 9.59 Å². The third-order valence-corrected chi connectivity index (χ3v) is 5.04. The van der Waals surface area contributed by atoms with Crippen LogP contribution in [0.25, 0.3) is 0 Å². The molecule has 1 N–H and O–H groups in total. The van der Waals surface area contributed by atoms with Gasteiger partial charge in [-0.2, -0.15) is 0 Å². The number of halogens is 1. The Hall–Kier alpha value is -3.05. The second-order valence-electron chi connectivity index (χ2n) is 6.74. The van der Waals surface area contributed by atoms with E-state index in [4.69, 9.17) is 16.3 Å². The van der Waals surface area contributed by atoms with Gasteiger partial charge in [0, 0.05) is 30.4 Å². The van der Waals surface area contributed by atoms with E-state index in [1.54, 1.807) is 17.0 Å². The summed E-state index contributed by atoms with van der Waals surface area (Å²) in [5.74, 6) is -0.0199. The Morgan fingerprint density at radius 1 is 1.11 bits per heavy atom. The Morgan fingerprint density at radius 3 is 2.71 bits per heavy atom. The summed E-state index contributed by atoms with van der Waals surface area (Å²) in [4.78, 5) is 29.8. The maximum absolute atomic E-state index is 12.8. The van der Waals surface area contributed by atoms with E-state index in [-0.39, 0.29) is 29.4 Å². The van der Waals surface area contributed by atoms with Crippen molar-refractivity contribution in [2.24, 2.45) is 0 Å². The molecule has 6 heteroatoms. The highest BCUT2D eigenvalue weighted by Crippen LogP contribution is 2.20. The second-order valence-corrected chi connectivity index (χ2v) is 7.18. The summed E-state index contributed by atoms with van der Waals surface area (Å²) < 4.78 is 5.58. The molecule has 0 aliphatic carbocycles. The van der Waals surface area contributed by atoms with Crippen LogP contribution in [-0.2, 0) is 19.6 Å². The molecule has 0 unspecified atom stereocenters. The first-order valence-electron chi connectivity index (χ1n) is 9.06. The number of nitrogens with zero attached hydrogens (tertiary/aromatic N) is 1. The maximum Gasteiger partial charge on any atom is 0.270 e. The van der Waals surface area contributed by atoms with Crippen molar-refractivity contribution >= 4 is 17.5 Å². The van der Waals surface area contributed by atoms with Crippen molar-refractivity contribution in [3.05, 3.63) is 98.4 Å². The molecule has 0 saturated carbocycles. The van der Waals surface area contributed by atoms with Crippen LogP contribution in [0.3, 0.4) is 0 Å². The van der Waals surface area contributed by atoms with Crippen LogP contribution in [-0.4, -0.2) is 22.3 Å². The van der Waals surface area contributed by atoms with Crippen LogP contribution in [0.1, 0.15) is 27.2 Å². The number of rotatable bonds is 4. The molecule has 3 aromatic rings. The summed E-state index contributed by atoms with van der Waals surface area (Å²) in [5, 5.41) is 0.610. The van der Waals surface area contributed by atoms with E-state index < -0.39 is 0 Å². The summed E-state index contributed by atoms with van der Waals surface area (Å²) in [7, 11) is 0.